The highest BCUT2D eigenvalue weighted by molar-refractivity contribution is 5.33. The van der Waals surface area contributed by atoms with E-state index in [9.17, 15) is 4.79 Å². The van der Waals surface area contributed by atoms with E-state index in [1.165, 1.54) is 12.8 Å². The largest absolute Gasteiger partial charge is 0.376 e. The van der Waals surface area contributed by atoms with Crippen LogP contribution in [0.2, 0.25) is 0 Å². The van der Waals surface area contributed by atoms with E-state index in [0.717, 1.165) is 13.0 Å². The van der Waals surface area contributed by atoms with Crippen LogP contribution >= 0.6 is 0 Å². The molecule has 1 aliphatic carbocycles. The van der Waals surface area contributed by atoms with E-state index in [1.807, 2.05) is 13.8 Å². The predicted molar refractivity (Wildman–Crippen MR) is 73.4 cm³/mol. The first-order chi connectivity index (χ1) is 9.16. The monoisotopic (exact) mass is 263 g/mol. The first kappa shape index (κ1) is 12.7. The van der Waals surface area contributed by atoms with Crippen molar-refractivity contribution in [1.29, 1.82) is 0 Å². The van der Waals surface area contributed by atoms with Crippen molar-refractivity contribution in [2.45, 2.75) is 51.3 Å². The van der Waals surface area contributed by atoms with E-state index in [4.69, 9.17) is 4.74 Å². The smallest absolute Gasteiger partial charge is 0.293 e. The molecule has 2 aliphatic rings. The minimum Gasteiger partial charge on any atom is -0.376 e. The average molecular weight is 263 g/mol. The Morgan fingerprint density at radius 3 is 2.89 bits per heavy atom. The summed E-state index contributed by atoms with van der Waals surface area (Å²) in [6.07, 6.45) is 7.14. The van der Waals surface area contributed by atoms with Gasteiger partial charge in [0.1, 0.15) is 0 Å². The van der Waals surface area contributed by atoms with Crippen LogP contribution in [0.3, 0.4) is 0 Å². The fourth-order valence-corrected chi connectivity index (χ4v) is 2.76. The second kappa shape index (κ2) is 4.96. The van der Waals surface area contributed by atoms with Crippen molar-refractivity contribution in [1.82, 2.24) is 9.55 Å². The molecule has 0 bridgehead atoms. The van der Waals surface area contributed by atoms with E-state index in [1.54, 1.807) is 17.0 Å². The highest BCUT2D eigenvalue weighted by Gasteiger charge is 2.40. The van der Waals surface area contributed by atoms with Gasteiger partial charge in [0.2, 0.25) is 0 Å². The van der Waals surface area contributed by atoms with Gasteiger partial charge in [-0.05, 0) is 39.0 Å². The molecule has 5 nitrogen and oxygen atoms in total. The molecule has 2 atom stereocenters. The van der Waals surface area contributed by atoms with Gasteiger partial charge in [-0.1, -0.05) is 0 Å². The lowest BCUT2D eigenvalue weighted by atomic mass is 10.1. The van der Waals surface area contributed by atoms with Crippen molar-refractivity contribution in [3.63, 3.8) is 0 Å². The third kappa shape index (κ3) is 2.52. The SMILES string of the molecule is CC(C)n1ccnc(NC2CCOC2C2CC2)c1=O. The van der Waals surface area contributed by atoms with Gasteiger partial charge < -0.3 is 14.6 Å². The van der Waals surface area contributed by atoms with Gasteiger partial charge in [0.15, 0.2) is 5.82 Å². The van der Waals surface area contributed by atoms with Crippen molar-refractivity contribution in [2.24, 2.45) is 5.92 Å². The number of hydrogen-bond acceptors (Lipinski definition) is 4. The molecule has 2 unspecified atom stereocenters. The molecule has 104 valence electrons. The molecule has 1 aliphatic heterocycles. The number of nitrogens with zero attached hydrogens (tertiary/aromatic N) is 2. The van der Waals surface area contributed by atoms with Crippen molar-refractivity contribution >= 4 is 5.82 Å². The summed E-state index contributed by atoms with van der Waals surface area (Å²) in [7, 11) is 0. The molecule has 2 fully saturated rings. The van der Waals surface area contributed by atoms with Crippen LogP contribution in [0.25, 0.3) is 0 Å². The summed E-state index contributed by atoms with van der Waals surface area (Å²) < 4.78 is 7.49. The topological polar surface area (TPSA) is 56.1 Å². The van der Waals surface area contributed by atoms with Gasteiger partial charge in [0, 0.05) is 25.0 Å². The lowest BCUT2D eigenvalue weighted by Crippen LogP contribution is -2.35. The van der Waals surface area contributed by atoms with Crippen LogP contribution in [0, 0.1) is 5.92 Å². The maximum Gasteiger partial charge on any atom is 0.293 e. The van der Waals surface area contributed by atoms with E-state index in [0.29, 0.717) is 11.7 Å². The molecule has 1 saturated heterocycles. The second-order valence-electron chi connectivity index (χ2n) is 5.79. The fraction of sp³-hybridized carbons (Fsp3) is 0.714. The molecule has 1 N–H and O–H groups in total. The highest BCUT2D eigenvalue weighted by Crippen LogP contribution is 2.39. The summed E-state index contributed by atoms with van der Waals surface area (Å²) in [6.45, 7) is 4.78. The van der Waals surface area contributed by atoms with Gasteiger partial charge in [-0.3, -0.25) is 4.79 Å². The average Bonchev–Trinajstić information content (AvgIpc) is 3.12. The van der Waals surface area contributed by atoms with E-state index in [2.05, 4.69) is 10.3 Å². The fourth-order valence-electron chi connectivity index (χ4n) is 2.76. The number of nitrogens with one attached hydrogen (secondary N) is 1. The minimum absolute atomic E-state index is 0.0426. The second-order valence-corrected chi connectivity index (χ2v) is 5.79. The standard InChI is InChI=1S/C14H21N3O2/c1-9(2)17-7-6-15-13(14(17)18)16-11-5-8-19-12(11)10-3-4-10/h6-7,9-12H,3-5,8H2,1-2H3,(H,15,16). The number of hydrogen-bond donors (Lipinski definition) is 1. The van der Waals surface area contributed by atoms with Gasteiger partial charge in [0.25, 0.3) is 5.56 Å². The highest BCUT2D eigenvalue weighted by atomic mass is 16.5. The molecule has 1 aromatic heterocycles. The molecule has 5 heteroatoms. The van der Waals surface area contributed by atoms with Crippen LogP contribution in [0.15, 0.2) is 17.2 Å². The number of aromatic nitrogens is 2. The Balaban J connectivity index is 1.79. The van der Waals surface area contributed by atoms with Crippen molar-refractivity contribution < 1.29 is 4.74 Å². The van der Waals surface area contributed by atoms with E-state index in [-0.39, 0.29) is 23.7 Å². The summed E-state index contributed by atoms with van der Waals surface area (Å²) in [4.78, 5) is 16.5. The number of ether oxygens (including phenoxy) is 1. The molecule has 0 spiro atoms. The van der Waals surface area contributed by atoms with Crippen LogP contribution in [-0.2, 0) is 4.74 Å². The van der Waals surface area contributed by atoms with Gasteiger partial charge in [-0.25, -0.2) is 4.98 Å². The normalized spacial score (nSPS) is 26.9. The van der Waals surface area contributed by atoms with Gasteiger partial charge in [-0.2, -0.15) is 0 Å². The summed E-state index contributed by atoms with van der Waals surface area (Å²) in [5.41, 5.74) is -0.0426. The first-order valence-corrected chi connectivity index (χ1v) is 7.12. The number of anilines is 1. The summed E-state index contributed by atoms with van der Waals surface area (Å²) in [5.74, 6) is 1.13. The third-order valence-electron chi connectivity index (χ3n) is 3.97. The molecule has 19 heavy (non-hydrogen) atoms. The Morgan fingerprint density at radius 2 is 2.21 bits per heavy atom. The molecular formula is C14H21N3O2. The van der Waals surface area contributed by atoms with Crippen molar-refractivity contribution in [3.05, 3.63) is 22.7 Å². The molecular weight excluding hydrogens is 242 g/mol. The summed E-state index contributed by atoms with van der Waals surface area (Å²) >= 11 is 0. The zero-order valence-corrected chi connectivity index (χ0v) is 11.5. The van der Waals surface area contributed by atoms with Gasteiger partial charge in [-0.15, -0.1) is 0 Å². The zero-order chi connectivity index (χ0) is 13.4. The Morgan fingerprint density at radius 1 is 1.42 bits per heavy atom. The number of rotatable bonds is 4. The lowest BCUT2D eigenvalue weighted by molar-refractivity contribution is 0.0898. The van der Waals surface area contributed by atoms with Crippen LogP contribution in [0.4, 0.5) is 5.82 Å². The molecule has 2 heterocycles. The Labute approximate surface area is 113 Å². The van der Waals surface area contributed by atoms with Crippen LogP contribution < -0.4 is 10.9 Å². The maximum atomic E-state index is 12.3. The van der Waals surface area contributed by atoms with Crippen LogP contribution in [-0.4, -0.2) is 28.3 Å². The maximum absolute atomic E-state index is 12.3. The lowest BCUT2D eigenvalue weighted by Gasteiger charge is -2.20. The van der Waals surface area contributed by atoms with Gasteiger partial charge >= 0.3 is 0 Å². The Hall–Kier alpha value is -1.36. The van der Waals surface area contributed by atoms with E-state index >= 15 is 0 Å². The van der Waals surface area contributed by atoms with Crippen LogP contribution in [0.5, 0.6) is 0 Å². The molecule has 3 rings (SSSR count). The molecule has 0 radical (unpaired) electrons. The Bertz CT molecular complexity index is 508. The first-order valence-electron chi connectivity index (χ1n) is 7.12. The molecule has 1 aromatic rings. The van der Waals surface area contributed by atoms with Crippen molar-refractivity contribution in [3.8, 4) is 0 Å². The van der Waals surface area contributed by atoms with E-state index < -0.39 is 0 Å². The third-order valence-corrected chi connectivity index (χ3v) is 3.97. The molecule has 1 saturated carbocycles. The Kier molecular flexibility index (Phi) is 3.31. The minimum atomic E-state index is -0.0426. The zero-order valence-electron chi connectivity index (χ0n) is 11.5. The molecule has 0 aromatic carbocycles. The predicted octanol–water partition coefficient (Wildman–Crippen LogP) is 1.80. The summed E-state index contributed by atoms with van der Waals surface area (Å²) in [6, 6.07) is 0.380. The van der Waals surface area contributed by atoms with Gasteiger partial charge in [0.05, 0.1) is 12.1 Å². The van der Waals surface area contributed by atoms with Crippen LogP contribution in [0.1, 0.15) is 39.2 Å². The summed E-state index contributed by atoms with van der Waals surface area (Å²) in [5, 5.41) is 3.31. The van der Waals surface area contributed by atoms with Crippen molar-refractivity contribution in [2.75, 3.05) is 11.9 Å². The quantitative estimate of drug-likeness (QED) is 0.900. The molecule has 0 amide bonds.